The highest BCUT2D eigenvalue weighted by molar-refractivity contribution is 6.10. The van der Waals surface area contributed by atoms with Crippen LogP contribution in [0.5, 0.6) is 0 Å². The molecule has 0 aliphatic carbocycles. The van der Waals surface area contributed by atoms with Gasteiger partial charge in [-0.1, -0.05) is 30.8 Å². The number of hydrogen-bond donors (Lipinski definition) is 0. The van der Waals surface area contributed by atoms with Crippen molar-refractivity contribution in [2.75, 3.05) is 0 Å². The summed E-state index contributed by atoms with van der Waals surface area (Å²) in [6.07, 6.45) is 0.828. The number of Topliss-reactive ketones (excluding diaryl/α,β-unsaturated/α-hetero) is 1. The minimum Gasteiger partial charge on any atom is -0.457 e. The van der Waals surface area contributed by atoms with Gasteiger partial charge in [-0.3, -0.25) is 4.79 Å². The van der Waals surface area contributed by atoms with Crippen LogP contribution in [-0.2, 0) is 19.1 Å². The Labute approximate surface area is 149 Å². The van der Waals surface area contributed by atoms with Gasteiger partial charge in [-0.25, -0.2) is 4.79 Å². The van der Waals surface area contributed by atoms with Gasteiger partial charge in [0.05, 0.1) is 11.5 Å². The molecule has 0 aromatic heterocycles. The lowest BCUT2D eigenvalue weighted by molar-refractivity contribution is -0.198. The van der Waals surface area contributed by atoms with Crippen molar-refractivity contribution in [3.8, 4) is 0 Å². The predicted molar refractivity (Wildman–Crippen MR) is 95.4 cm³/mol. The van der Waals surface area contributed by atoms with Gasteiger partial charge in [0.15, 0.2) is 5.78 Å². The van der Waals surface area contributed by atoms with Gasteiger partial charge in [0.1, 0.15) is 5.60 Å². The Morgan fingerprint density at radius 1 is 1.32 bits per heavy atom. The molecule has 25 heavy (non-hydrogen) atoms. The highest BCUT2D eigenvalue weighted by Crippen LogP contribution is 2.58. The molecule has 134 valence electrons. The van der Waals surface area contributed by atoms with Gasteiger partial charge < -0.3 is 9.47 Å². The van der Waals surface area contributed by atoms with Crippen LogP contribution in [0.3, 0.4) is 0 Å². The maximum atomic E-state index is 13.2. The van der Waals surface area contributed by atoms with Crippen LogP contribution in [0.15, 0.2) is 36.4 Å². The molecule has 2 aliphatic rings. The van der Waals surface area contributed by atoms with E-state index in [1.54, 1.807) is 20.8 Å². The van der Waals surface area contributed by atoms with Crippen LogP contribution in [0.2, 0.25) is 0 Å². The second-order valence-corrected chi connectivity index (χ2v) is 8.31. The third kappa shape index (κ3) is 2.63. The van der Waals surface area contributed by atoms with Crippen molar-refractivity contribution < 1.29 is 19.1 Å². The summed E-state index contributed by atoms with van der Waals surface area (Å²) in [4.78, 5) is 26.2. The summed E-state index contributed by atoms with van der Waals surface area (Å²) in [6, 6.07) is 7.76. The van der Waals surface area contributed by atoms with E-state index in [1.807, 2.05) is 38.1 Å². The van der Waals surface area contributed by atoms with E-state index < -0.39 is 28.7 Å². The lowest BCUT2D eigenvalue weighted by atomic mass is 9.75. The molecule has 4 heteroatoms. The molecule has 0 unspecified atom stereocenters. The number of carbonyl (C=O) groups excluding carboxylic acids is 2. The first-order chi connectivity index (χ1) is 11.5. The summed E-state index contributed by atoms with van der Waals surface area (Å²) >= 11 is 0. The minimum absolute atomic E-state index is 0.217. The molecule has 2 fully saturated rings. The zero-order chi connectivity index (χ0) is 18.6. The van der Waals surface area contributed by atoms with E-state index in [9.17, 15) is 9.59 Å². The average molecular weight is 342 g/mol. The van der Waals surface area contributed by atoms with Gasteiger partial charge in [-0.05, 0) is 57.7 Å². The molecule has 0 N–H and O–H groups in total. The topological polar surface area (TPSA) is 52.6 Å². The Hall–Kier alpha value is -1.94. The Bertz CT molecular complexity index is 757. The number of fused-ring (bicyclic) bond motifs is 2. The zero-order valence-electron chi connectivity index (χ0n) is 15.6. The van der Waals surface area contributed by atoms with Gasteiger partial charge >= 0.3 is 5.97 Å². The number of benzene rings is 1. The fourth-order valence-electron chi connectivity index (χ4n) is 3.94. The molecule has 3 atom stereocenters. The maximum absolute atomic E-state index is 13.2. The molecule has 3 rings (SSSR count). The zero-order valence-corrected chi connectivity index (χ0v) is 15.6. The normalized spacial score (nSPS) is 32.0. The van der Waals surface area contributed by atoms with E-state index in [0.717, 1.165) is 16.7 Å². The lowest BCUT2D eigenvalue weighted by Crippen LogP contribution is -2.56. The Morgan fingerprint density at radius 2 is 1.96 bits per heavy atom. The number of ether oxygens (including phenoxy) is 2. The van der Waals surface area contributed by atoms with E-state index >= 15 is 0 Å². The molecule has 2 saturated heterocycles. The van der Waals surface area contributed by atoms with Gasteiger partial charge in [0.25, 0.3) is 0 Å². The van der Waals surface area contributed by atoms with E-state index in [2.05, 4.69) is 6.58 Å². The Morgan fingerprint density at radius 3 is 2.56 bits per heavy atom. The van der Waals surface area contributed by atoms with Crippen LogP contribution in [0.1, 0.15) is 57.6 Å². The van der Waals surface area contributed by atoms with Gasteiger partial charge in [0, 0.05) is 6.42 Å². The van der Waals surface area contributed by atoms with Crippen molar-refractivity contribution in [3.63, 3.8) is 0 Å². The van der Waals surface area contributed by atoms with Crippen LogP contribution < -0.4 is 0 Å². The molecule has 2 bridgehead atoms. The number of aryl methyl sites for hydroxylation is 1. The summed E-state index contributed by atoms with van der Waals surface area (Å²) in [5.41, 5.74) is -0.356. The smallest absolute Gasteiger partial charge is 0.347 e. The number of carbonyl (C=O) groups is 2. The fraction of sp³-hybridized carbons (Fsp3) is 0.524. The summed E-state index contributed by atoms with van der Waals surface area (Å²) < 4.78 is 11.8. The molecular formula is C21H26O4. The number of hydrogen-bond acceptors (Lipinski definition) is 4. The fourth-order valence-corrected chi connectivity index (χ4v) is 3.94. The van der Waals surface area contributed by atoms with Crippen molar-refractivity contribution in [3.05, 3.63) is 47.5 Å². The highest BCUT2D eigenvalue weighted by atomic mass is 16.6. The molecule has 2 aliphatic heterocycles. The SMILES string of the molecule is C=C1[C@@H](c2ccccc2C)[C@@]2(C(=O)OC(C)(C)C)O[C@]1(C)CCC2=O. The van der Waals surface area contributed by atoms with Crippen molar-refractivity contribution in [2.45, 2.75) is 70.2 Å². The quantitative estimate of drug-likeness (QED) is 0.465. The Balaban J connectivity index is 2.20. The minimum atomic E-state index is -1.64. The van der Waals surface area contributed by atoms with Crippen molar-refractivity contribution in [1.29, 1.82) is 0 Å². The van der Waals surface area contributed by atoms with E-state index in [-0.39, 0.29) is 12.2 Å². The van der Waals surface area contributed by atoms with Gasteiger partial charge in [-0.15, -0.1) is 0 Å². The first-order valence-electron chi connectivity index (χ1n) is 8.73. The second kappa shape index (κ2) is 5.53. The monoisotopic (exact) mass is 342 g/mol. The molecule has 0 amide bonds. The number of rotatable bonds is 2. The number of esters is 1. The molecule has 0 saturated carbocycles. The van der Waals surface area contributed by atoms with Gasteiger partial charge in [0.2, 0.25) is 5.60 Å². The molecule has 4 nitrogen and oxygen atoms in total. The van der Waals surface area contributed by atoms with E-state index in [4.69, 9.17) is 9.47 Å². The largest absolute Gasteiger partial charge is 0.457 e. The highest BCUT2D eigenvalue weighted by Gasteiger charge is 2.68. The van der Waals surface area contributed by atoms with Crippen molar-refractivity contribution in [2.24, 2.45) is 0 Å². The molecule has 0 radical (unpaired) electrons. The third-order valence-corrected chi connectivity index (χ3v) is 5.27. The molecular weight excluding hydrogens is 316 g/mol. The van der Waals surface area contributed by atoms with Gasteiger partial charge in [-0.2, -0.15) is 0 Å². The van der Waals surface area contributed by atoms with Crippen LogP contribution in [0, 0.1) is 6.92 Å². The summed E-state index contributed by atoms with van der Waals surface area (Å²) in [5, 5.41) is 0. The standard InChI is InChI=1S/C21H26O4/c1-13-9-7-8-10-15(13)17-14(2)20(6)12-11-16(22)21(17,25-20)18(23)24-19(3,4)5/h7-10,17H,2,11-12H2,1,3-6H3/t17-,20+,21-/m0/s1. The summed E-state index contributed by atoms with van der Waals surface area (Å²) in [5.74, 6) is -1.35. The lowest BCUT2D eigenvalue weighted by Gasteiger charge is -2.38. The van der Waals surface area contributed by atoms with Crippen molar-refractivity contribution in [1.82, 2.24) is 0 Å². The molecule has 1 aromatic carbocycles. The maximum Gasteiger partial charge on any atom is 0.347 e. The average Bonchev–Trinajstić information content (AvgIpc) is 2.70. The van der Waals surface area contributed by atoms with E-state index in [1.165, 1.54) is 0 Å². The third-order valence-electron chi connectivity index (χ3n) is 5.27. The summed E-state index contributed by atoms with van der Waals surface area (Å²) in [7, 11) is 0. The molecule has 0 spiro atoms. The van der Waals surface area contributed by atoms with E-state index in [0.29, 0.717) is 6.42 Å². The second-order valence-electron chi connectivity index (χ2n) is 8.31. The first-order valence-corrected chi connectivity index (χ1v) is 8.73. The van der Waals surface area contributed by atoms with Crippen LogP contribution in [0.25, 0.3) is 0 Å². The van der Waals surface area contributed by atoms with Crippen LogP contribution >= 0.6 is 0 Å². The molecule has 2 heterocycles. The molecule has 1 aromatic rings. The Kier molecular flexibility index (Phi) is 3.95. The van der Waals surface area contributed by atoms with Crippen LogP contribution in [-0.4, -0.2) is 28.6 Å². The predicted octanol–water partition coefficient (Wildman–Crippen LogP) is 3.87. The van der Waals surface area contributed by atoms with Crippen LogP contribution in [0.4, 0.5) is 0 Å². The summed E-state index contributed by atoms with van der Waals surface area (Å²) in [6.45, 7) is 13.5. The number of ketones is 1. The van der Waals surface area contributed by atoms with Crippen molar-refractivity contribution >= 4 is 11.8 Å². The first kappa shape index (κ1) is 17.9.